The Labute approximate surface area is 162 Å². The maximum atomic E-state index is 12.8. The number of nitrogens with one attached hydrogen (secondary N) is 1. The first-order valence-corrected chi connectivity index (χ1v) is 8.63. The second-order valence-corrected chi connectivity index (χ2v) is 5.99. The van der Waals surface area contributed by atoms with E-state index in [1.165, 1.54) is 7.11 Å². The van der Waals surface area contributed by atoms with E-state index in [0.717, 1.165) is 11.1 Å². The van der Waals surface area contributed by atoms with Crippen LogP contribution in [0.15, 0.2) is 72.8 Å². The van der Waals surface area contributed by atoms with Crippen molar-refractivity contribution in [3.8, 4) is 22.6 Å². The Morgan fingerprint density at radius 2 is 1.64 bits per heavy atom. The van der Waals surface area contributed by atoms with Gasteiger partial charge in [0.15, 0.2) is 18.1 Å². The number of nitrogens with two attached hydrogens (primary N) is 1. The maximum absolute atomic E-state index is 12.8. The number of carbonyl (C=O) groups is 2. The minimum absolute atomic E-state index is 0.271. The molecule has 3 aromatic carbocycles. The van der Waals surface area contributed by atoms with Crippen molar-refractivity contribution in [3.05, 3.63) is 78.4 Å². The molecule has 0 aromatic heterocycles. The van der Waals surface area contributed by atoms with Crippen molar-refractivity contribution in [2.45, 2.75) is 0 Å². The van der Waals surface area contributed by atoms with Crippen LogP contribution in [0, 0.1) is 0 Å². The van der Waals surface area contributed by atoms with Gasteiger partial charge in [0.2, 0.25) is 0 Å². The number of anilines is 1. The van der Waals surface area contributed by atoms with Crippen molar-refractivity contribution in [3.63, 3.8) is 0 Å². The van der Waals surface area contributed by atoms with Crippen LogP contribution in [0.3, 0.4) is 0 Å². The average molecular weight is 376 g/mol. The van der Waals surface area contributed by atoms with Crippen LogP contribution in [0.5, 0.6) is 11.5 Å². The largest absolute Gasteiger partial charge is 0.493 e. The fourth-order valence-electron chi connectivity index (χ4n) is 2.73. The van der Waals surface area contributed by atoms with Crippen LogP contribution in [-0.2, 0) is 4.79 Å². The topological polar surface area (TPSA) is 90.7 Å². The van der Waals surface area contributed by atoms with Gasteiger partial charge in [-0.05, 0) is 29.8 Å². The molecule has 0 aliphatic carbocycles. The van der Waals surface area contributed by atoms with Gasteiger partial charge in [0, 0.05) is 16.8 Å². The predicted molar refractivity (Wildman–Crippen MR) is 108 cm³/mol. The summed E-state index contributed by atoms with van der Waals surface area (Å²) in [5.41, 5.74) is 8.11. The lowest BCUT2D eigenvalue weighted by atomic mass is 10.0. The van der Waals surface area contributed by atoms with Crippen LogP contribution in [0.4, 0.5) is 5.69 Å². The highest BCUT2D eigenvalue weighted by atomic mass is 16.5. The number of benzene rings is 3. The molecule has 0 saturated heterocycles. The zero-order valence-electron chi connectivity index (χ0n) is 15.3. The van der Waals surface area contributed by atoms with Gasteiger partial charge in [0.25, 0.3) is 11.8 Å². The lowest BCUT2D eigenvalue weighted by Crippen LogP contribution is -2.20. The van der Waals surface area contributed by atoms with Crippen molar-refractivity contribution in [1.29, 1.82) is 0 Å². The lowest BCUT2D eigenvalue weighted by Gasteiger charge is -2.13. The van der Waals surface area contributed by atoms with E-state index >= 15 is 0 Å². The van der Waals surface area contributed by atoms with Gasteiger partial charge in [-0.15, -0.1) is 0 Å². The highest BCUT2D eigenvalue weighted by molar-refractivity contribution is 6.06. The molecular formula is C22H20N2O4. The van der Waals surface area contributed by atoms with E-state index in [-0.39, 0.29) is 12.5 Å². The molecule has 3 aromatic rings. The van der Waals surface area contributed by atoms with Crippen LogP contribution in [0.2, 0.25) is 0 Å². The van der Waals surface area contributed by atoms with Crippen molar-refractivity contribution < 1.29 is 19.1 Å². The smallest absolute Gasteiger partial charge is 0.255 e. The van der Waals surface area contributed by atoms with Crippen LogP contribution in [0.25, 0.3) is 11.1 Å². The van der Waals surface area contributed by atoms with E-state index < -0.39 is 5.91 Å². The van der Waals surface area contributed by atoms with Gasteiger partial charge in [-0.2, -0.15) is 0 Å². The van der Waals surface area contributed by atoms with Gasteiger partial charge in [0.1, 0.15) is 0 Å². The van der Waals surface area contributed by atoms with E-state index in [4.69, 9.17) is 15.2 Å². The summed E-state index contributed by atoms with van der Waals surface area (Å²) in [6.07, 6.45) is 0. The van der Waals surface area contributed by atoms with Gasteiger partial charge >= 0.3 is 0 Å². The fraction of sp³-hybridized carbons (Fsp3) is 0.0909. The Hall–Kier alpha value is -3.80. The molecule has 3 N–H and O–H groups in total. The molecule has 3 rings (SSSR count). The molecule has 0 unspecified atom stereocenters. The number of carbonyl (C=O) groups excluding carboxylic acids is 2. The molecule has 0 atom stereocenters. The first-order valence-electron chi connectivity index (χ1n) is 8.63. The Balaban J connectivity index is 1.83. The van der Waals surface area contributed by atoms with Crippen LogP contribution >= 0.6 is 0 Å². The summed E-state index contributed by atoms with van der Waals surface area (Å²) < 4.78 is 10.5. The number of rotatable bonds is 7. The second kappa shape index (κ2) is 8.73. The maximum Gasteiger partial charge on any atom is 0.255 e. The Morgan fingerprint density at radius 1 is 0.929 bits per heavy atom. The molecule has 6 heteroatoms. The van der Waals surface area contributed by atoms with Crippen molar-refractivity contribution in [2.24, 2.45) is 5.73 Å². The molecule has 0 aliphatic rings. The third-order valence-electron chi connectivity index (χ3n) is 4.06. The molecule has 0 aliphatic heterocycles. The number of para-hydroxylation sites is 1. The Morgan fingerprint density at radius 3 is 2.36 bits per heavy atom. The first kappa shape index (κ1) is 19.0. The molecule has 6 nitrogen and oxygen atoms in total. The normalized spacial score (nSPS) is 10.2. The molecule has 0 radical (unpaired) electrons. The fourth-order valence-corrected chi connectivity index (χ4v) is 2.73. The predicted octanol–water partition coefficient (Wildman–Crippen LogP) is 3.48. The quantitative estimate of drug-likeness (QED) is 0.660. The summed E-state index contributed by atoms with van der Waals surface area (Å²) in [6.45, 7) is -0.271. The molecule has 2 amide bonds. The highest BCUT2D eigenvalue weighted by Crippen LogP contribution is 2.30. The third kappa shape index (κ3) is 4.48. The summed E-state index contributed by atoms with van der Waals surface area (Å²) in [7, 11) is 1.46. The Kier molecular flexibility index (Phi) is 5.91. The van der Waals surface area contributed by atoms with Crippen molar-refractivity contribution in [2.75, 3.05) is 19.0 Å². The minimum atomic E-state index is -0.596. The number of amides is 2. The van der Waals surface area contributed by atoms with Gasteiger partial charge in [-0.1, -0.05) is 48.5 Å². The molecule has 0 fully saturated rings. The second-order valence-electron chi connectivity index (χ2n) is 5.99. The van der Waals surface area contributed by atoms with Gasteiger partial charge in [-0.25, -0.2) is 0 Å². The number of methoxy groups -OCH3 is 1. The van der Waals surface area contributed by atoms with Crippen LogP contribution < -0.4 is 20.5 Å². The summed E-state index contributed by atoms with van der Waals surface area (Å²) in [4.78, 5) is 23.7. The van der Waals surface area contributed by atoms with E-state index in [9.17, 15) is 9.59 Å². The number of hydrogen-bond donors (Lipinski definition) is 2. The molecule has 28 heavy (non-hydrogen) atoms. The standard InChI is InChI=1S/C22H20N2O4/c1-27-20-13-16(11-12-19(20)28-14-21(23)25)22(26)24-18-10-6-5-9-17(18)15-7-3-2-4-8-15/h2-13H,14H2,1H3,(H2,23,25)(H,24,26). The number of primary amides is 1. The zero-order valence-corrected chi connectivity index (χ0v) is 15.3. The molecule has 0 bridgehead atoms. The summed E-state index contributed by atoms with van der Waals surface area (Å²) in [6, 6.07) is 22.1. The van der Waals surface area contributed by atoms with Crippen LogP contribution in [-0.4, -0.2) is 25.5 Å². The van der Waals surface area contributed by atoms with E-state index in [1.54, 1.807) is 18.2 Å². The van der Waals surface area contributed by atoms with Crippen molar-refractivity contribution >= 4 is 17.5 Å². The zero-order chi connectivity index (χ0) is 19.9. The number of ether oxygens (including phenoxy) is 2. The monoisotopic (exact) mass is 376 g/mol. The molecule has 142 valence electrons. The molecule has 0 spiro atoms. The van der Waals surface area contributed by atoms with Crippen molar-refractivity contribution in [1.82, 2.24) is 0 Å². The summed E-state index contributed by atoms with van der Waals surface area (Å²) >= 11 is 0. The number of hydrogen-bond acceptors (Lipinski definition) is 4. The minimum Gasteiger partial charge on any atom is -0.493 e. The average Bonchev–Trinajstić information content (AvgIpc) is 2.73. The first-order chi connectivity index (χ1) is 13.6. The Bertz CT molecular complexity index is 987. The SMILES string of the molecule is COc1cc(C(=O)Nc2ccccc2-c2ccccc2)ccc1OCC(N)=O. The van der Waals surface area contributed by atoms with E-state index in [0.29, 0.717) is 22.7 Å². The van der Waals surface area contributed by atoms with Gasteiger partial charge in [0.05, 0.1) is 7.11 Å². The van der Waals surface area contributed by atoms with Gasteiger partial charge < -0.3 is 20.5 Å². The summed E-state index contributed by atoms with van der Waals surface area (Å²) in [5.74, 6) is -0.211. The summed E-state index contributed by atoms with van der Waals surface area (Å²) in [5, 5.41) is 2.94. The molecule has 0 saturated carbocycles. The van der Waals surface area contributed by atoms with E-state index in [1.807, 2.05) is 54.6 Å². The molecule has 0 heterocycles. The molecular weight excluding hydrogens is 356 g/mol. The van der Waals surface area contributed by atoms with E-state index in [2.05, 4.69) is 5.32 Å². The highest BCUT2D eigenvalue weighted by Gasteiger charge is 2.14. The lowest BCUT2D eigenvalue weighted by molar-refractivity contribution is -0.119. The van der Waals surface area contributed by atoms with Gasteiger partial charge in [-0.3, -0.25) is 9.59 Å². The third-order valence-corrected chi connectivity index (χ3v) is 4.06. The van der Waals surface area contributed by atoms with Crippen LogP contribution in [0.1, 0.15) is 10.4 Å².